The molecule has 4 aromatic rings. The lowest BCUT2D eigenvalue weighted by atomic mass is 9.84. The zero-order valence-electron chi connectivity index (χ0n) is 29.3. The zero-order valence-corrected chi connectivity index (χ0v) is 29.3. The molecule has 10 rings (SSSR count). The smallest absolute Gasteiger partial charge is 0.417 e. The van der Waals surface area contributed by atoms with Gasteiger partial charge in [-0.05, 0) is 68.2 Å². The van der Waals surface area contributed by atoms with Gasteiger partial charge in [-0.15, -0.1) is 6.42 Å². The first kappa shape index (κ1) is 34.8. The summed E-state index contributed by atoms with van der Waals surface area (Å²) < 4.78 is 132. The number of fused-ring (bicyclic) bond motifs is 7. The van der Waals surface area contributed by atoms with Gasteiger partial charge in [0.2, 0.25) is 0 Å². The van der Waals surface area contributed by atoms with E-state index < -0.39 is 91.0 Å². The lowest BCUT2D eigenvalue weighted by Gasteiger charge is -2.41. The number of halogens is 8. The number of anilines is 2. The van der Waals surface area contributed by atoms with E-state index in [1.165, 1.54) is 6.07 Å². The monoisotopic (exact) mass is 766 g/mol. The Labute approximate surface area is 309 Å². The van der Waals surface area contributed by atoms with E-state index >= 15 is 26.3 Å². The number of nitrogens with one attached hydrogen (secondary N) is 1. The maximum Gasteiger partial charge on any atom is 0.417 e. The van der Waals surface area contributed by atoms with Crippen LogP contribution in [-0.4, -0.2) is 70.7 Å². The summed E-state index contributed by atoms with van der Waals surface area (Å²) >= 11 is 0. The third kappa shape index (κ3) is 4.76. The molecule has 2 bridgehead atoms. The van der Waals surface area contributed by atoms with Crippen molar-refractivity contribution in [2.24, 2.45) is 5.41 Å². The molecule has 286 valence electrons. The van der Waals surface area contributed by atoms with Crippen LogP contribution in [0.5, 0.6) is 6.01 Å². The molecule has 1 aromatic heterocycles. The molecule has 15 heteroatoms. The first-order chi connectivity index (χ1) is 26.1. The van der Waals surface area contributed by atoms with Gasteiger partial charge in [0.05, 0.1) is 33.2 Å². The minimum Gasteiger partial charge on any atom is -0.461 e. The van der Waals surface area contributed by atoms with E-state index in [-0.39, 0.29) is 72.7 Å². The predicted molar refractivity (Wildman–Crippen MR) is 190 cm³/mol. The molecular weight excluding hydrogens is 732 g/mol. The zero-order chi connectivity index (χ0) is 38.6. The van der Waals surface area contributed by atoms with Gasteiger partial charge in [0, 0.05) is 59.7 Å². The quantitative estimate of drug-likeness (QED) is 0.125. The third-order valence-electron chi connectivity index (χ3n) is 13.2. The van der Waals surface area contributed by atoms with E-state index in [2.05, 4.69) is 22.8 Å². The van der Waals surface area contributed by atoms with E-state index in [1.54, 1.807) is 0 Å². The van der Waals surface area contributed by atoms with Crippen molar-refractivity contribution in [3.8, 4) is 29.5 Å². The molecule has 1 spiro atoms. The first-order valence-corrected chi connectivity index (χ1v) is 18.3. The molecule has 0 unspecified atom stereocenters. The second-order valence-electron chi connectivity index (χ2n) is 16.3. The topological polar surface area (TPSA) is 79.5 Å². The minimum atomic E-state index is -5.32. The summed E-state index contributed by atoms with van der Waals surface area (Å²) in [5.74, 6) is -4.72. The number of piperazine rings is 1. The van der Waals surface area contributed by atoms with Gasteiger partial charge in [0.1, 0.15) is 23.8 Å². The van der Waals surface area contributed by atoms with Gasteiger partial charge in [-0.2, -0.15) is 23.1 Å². The summed E-state index contributed by atoms with van der Waals surface area (Å²) in [7, 11) is 0. The normalized spacial score (nSPS) is 29.2. The largest absolute Gasteiger partial charge is 0.461 e. The maximum absolute atomic E-state index is 17.7. The summed E-state index contributed by atoms with van der Waals surface area (Å²) in [6, 6.07) is 2.24. The van der Waals surface area contributed by atoms with Gasteiger partial charge in [0.15, 0.2) is 11.6 Å². The molecule has 3 N–H and O–H groups in total. The van der Waals surface area contributed by atoms with Crippen LogP contribution in [-0.2, 0) is 6.18 Å². The summed E-state index contributed by atoms with van der Waals surface area (Å²) in [6.07, 6.45) is 3.15. The third-order valence-corrected chi connectivity index (χ3v) is 13.2. The van der Waals surface area contributed by atoms with Crippen LogP contribution in [0.3, 0.4) is 0 Å². The fraction of sp³-hybridized carbons (Fsp3) is 0.450. The van der Waals surface area contributed by atoms with Crippen molar-refractivity contribution in [1.82, 2.24) is 20.2 Å². The number of terminal acetylenes is 1. The SMILES string of the molecule is C#Cc1c(F)ccc2cc(N)c(F)c(-c3c(C(F)(F)F)c4c5c(nc(OC[C@@]67CCCN6C[C@@]6(CC6(F)F)C7)nc5c3F)N3C[C@H]5CC[C@H](N5)[C@H]3CC4=C)c12. The molecule has 4 saturated heterocycles. The predicted octanol–water partition coefficient (Wildman–Crippen LogP) is 7.82. The highest BCUT2D eigenvalue weighted by Crippen LogP contribution is 2.69. The molecule has 55 heavy (non-hydrogen) atoms. The Bertz CT molecular complexity index is 2450. The van der Waals surface area contributed by atoms with E-state index in [0.29, 0.717) is 19.5 Å². The standard InChI is InChI=1S/C40H34F8N6O/c1-3-21-22(41)7-5-19-12-23(49)32(42)28(27(19)21)29-31(40(46,47)48)26-18(2)11-25-24-8-6-20(50-24)13-54(25)35-30(26)34(33(29)43)51-36(52-35)55-17-38-9-4-10-53(38)16-37(14-38)15-39(37,44)45/h1,5,7,12,20,24-25,50H,2,4,6,8-11,13-17,49H2/t20-,24+,25-,37+,38+/m1/s1. The molecule has 5 atom stereocenters. The number of benzene rings is 3. The van der Waals surface area contributed by atoms with Crippen molar-refractivity contribution in [3.63, 3.8) is 0 Å². The Kier molecular flexibility index (Phi) is 7.09. The second-order valence-corrected chi connectivity index (χ2v) is 16.3. The molecule has 1 aliphatic carbocycles. The van der Waals surface area contributed by atoms with Crippen LogP contribution >= 0.6 is 0 Å². The van der Waals surface area contributed by atoms with Gasteiger partial charge in [-0.25, -0.2) is 22.0 Å². The van der Waals surface area contributed by atoms with Crippen LogP contribution in [0.1, 0.15) is 61.6 Å². The van der Waals surface area contributed by atoms with Crippen molar-refractivity contribution in [3.05, 3.63) is 58.9 Å². The van der Waals surface area contributed by atoms with Crippen molar-refractivity contribution < 1.29 is 39.9 Å². The van der Waals surface area contributed by atoms with Crippen LogP contribution in [0.15, 0.2) is 24.8 Å². The van der Waals surface area contributed by atoms with E-state index in [9.17, 15) is 8.78 Å². The van der Waals surface area contributed by atoms with Gasteiger partial charge in [0.25, 0.3) is 5.92 Å². The summed E-state index contributed by atoms with van der Waals surface area (Å²) in [5.41, 5.74) is -1.98. The number of rotatable bonds is 4. The number of hydrogen-bond donors (Lipinski definition) is 2. The molecule has 1 saturated carbocycles. The van der Waals surface area contributed by atoms with E-state index in [0.717, 1.165) is 31.4 Å². The van der Waals surface area contributed by atoms with Crippen molar-refractivity contribution in [1.29, 1.82) is 0 Å². The first-order valence-electron chi connectivity index (χ1n) is 18.3. The van der Waals surface area contributed by atoms with Crippen molar-refractivity contribution in [2.45, 2.75) is 80.7 Å². The highest BCUT2D eigenvalue weighted by molar-refractivity contribution is 6.10. The molecule has 5 fully saturated rings. The molecule has 6 aliphatic rings. The Balaban J connectivity index is 1.25. The summed E-state index contributed by atoms with van der Waals surface area (Å²) in [4.78, 5) is 13.0. The average Bonchev–Trinajstić information content (AvgIpc) is 3.46. The van der Waals surface area contributed by atoms with Crippen LogP contribution in [0, 0.1) is 35.2 Å². The lowest BCUT2D eigenvalue weighted by Crippen LogP contribution is -2.58. The van der Waals surface area contributed by atoms with Crippen molar-refractivity contribution >= 4 is 38.8 Å². The fourth-order valence-electron chi connectivity index (χ4n) is 10.7. The lowest BCUT2D eigenvalue weighted by molar-refractivity contribution is -0.137. The van der Waals surface area contributed by atoms with Crippen molar-refractivity contribution in [2.75, 3.05) is 36.9 Å². The molecule has 0 radical (unpaired) electrons. The molecular formula is C40H34F8N6O. The number of alkyl halides is 5. The van der Waals surface area contributed by atoms with Gasteiger partial charge in [-0.3, -0.25) is 4.90 Å². The number of nitrogen functional groups attached to an aromatic ring is 1. The Morgan fingerprint density at radius 1 is 1.05 bits per heavy atom. The Morgan fingerprint density at radius 3 is 2.56 bits per heavy atom. The molecule has 0 amide bonds. The minimum absolute atomic E-state index is 0.00124. The van der Waals surface area contributed by atoms with Crippen LogP contribution in [0.4, 0.5) is 46.6 Å². The van der Waals surface area contributed by atoms with E-state index in [4.69, 9.17) is 21.9 Å². The molecule has 6 heterocycles. The Hall–Kier alpha value is -4.68. The highest BCUT2D eigenvalue weighted by Gasteiger charge is 2.77. The number of hydrogen-bond acceptors (Lipinski definition) is 7. The Morgan fingerprint density at radius 2 is 1.84 bits per heavy atom. The van der Waals surface area contributed by atoms with E-state index in [1.807, 2.05) is 9.80 Å². The van der Waals surface area contributed by atoms with Gasteiger partial charge >= 0.3 is 12.2 Å². The number of aromatic nitrogens is 2. The average molecular weight is 767 g/mol. The summed E-state index contributed by atoms with van der Waals surface area (Å²) in [5, 5.41) is 2.77. The summed E-state index contributed by atoms with van der Waals surface area (Å²) in [6.45, 7) is 5.13. The van der Waals surface area contributed by atoms with Gasteiger partial charge < -0.3 is 20.7 Å². The fourth-order valence-corrected chi connectivity index (χ4v) is 10.7. The van der Waals surface area contributed by atoms with Crippen LogP contribution in [0.25, 0.3) is 38.4 Å². The second kappa shape index (κ2) is 11.2. The van der Waals surface area contributed by atoms with Crippen LogP contribution < -0.4 is 20.7 Å². The highest BCUT2D eigenvalue weighted by atomic mass is 19.4. The maximum atomic E-state index is 17.7. The van der Waals surface area contributed by atoms with Crippen LogP contribution in [0.2, 0.25) is 0 Å². The molecule has 5 aliphatic heterocycles. The number of nitrogens with zero attached hydrogens (tertiary/aromatic N) is 4. The van der Waals surface area contributed by atoms with Gasteiger partial charge in [-0.1, -0.05) is 18.6 Å². The number of ether oxygens (including phenoxy) is 1. The molecule has 3 aromatic carbocycles. The molecule has 7 nitrogen and oxygen atoms in total. The number of nitrogens with two attached hydrogens (primary N) is 1.